The summed E-state index contributed by atoms with van der Waals surface area (Å²) in [6.45, 7) is 0.520. The topological polar surface area (TPSA) is 29.1 Å². The molecule has 0 heterocycles. The van der Waals surface area contributed by atoms with E-state index in [1.807, 2.05) is 6.07 Å². The minimum atomic E-state index is 0.140. The molecule has 1 aliphatic carbocycles. The normalized spacial score (nSPS) is 15.1. The third-order valence-electron chi connectivity index (χ3n) is 2.40. The lowest BCUT2D eigenvalue weighted by Crippen LogP contribution is -2.24. The highest BCUT2D eigenvalue weighted by atomic mass is 35.5. The van der Waals surface area contributed by atoms with E-state index in [4.69, 9.17) is 23.2 Å². The molecule has 0 bridgehead atoms. The molecule has 0 radical (unpaired) electrons. The van der Waals surface area contributed by atoms with Crippen LogP contribution in [0.2, 0.25) is 10.0 Å². The van der Waals surface area contributed by atoms with Crippen LogP contribution in [0.4, 0.5) is 0 Å². The Morgan fingerprint density at radius 2 is 2.07 bits per heavy atom. The Morgan fingerprint density at radius 3 is 2.67 bits per heavy atom. The van der Waals surface area contributed by atoms with Crippen LogP contribution in [-0.4, -0.2) is 5.91 Å². The smallest absolute Gasteiger partial charge is 0.223 e. The highest BCUT2D eigenvalue weighted by molar-refractivity contribution is 6.42. The maximum Gasteiger partial charge on any atom is 0.223 e. The molecule has 1 aliphatic rings. The van der Waals surface area contributed by atoms with Crippen LogP contribution in [0.25, 0.3) is 0 Å². The van der Waals surface area contributed by atoms with E-state index >= 15 is 0 Å². The molecule has 0 aromatic heterocycles. The summed E-state index contributed by atoms with van der Waals surface area (Å²) in [5.74, 6) is 0.383. The van der Waals surface area contributed by atoms with Gasteiger partial charge in [0, 0.05) is 12.5 Å². The van der Waals surface area contributed by atoms with Gasteiger partial charge in [0.15, 0.2) is 0 Å². The Morgan fingerprint density at radius 1 is 1.33 bits per heavy atom. The summed E-state index contributed by atoms with van der Waals surface area (Å²) in [5.41, 5.74) is 0.971. The number of nitrogens with one attached hydrogen (secondary N) is 1. The number of carbonyl (C=O) groups excluding carboxylic acids is 1. The van der Waals surface area contributed by atoms with E-state index in [0.717, 1.165) is 18.4 Å². The number of halogens is 2. The van der Waals surface area contributed by atoms with Crippen molar-refractivity contribution in [3.05, 3.63) is 33.8 Å². The van der Waals surface area contributed by atoms with Crippen LogP contribution in [0, 0.1) is 5.92 Å². The van der Waals surface area contributed by atoms with Crippen molar-refractivity contribution in [2.75, 3.05) is 0 Å². The second-order valence-corrected chi connectivity index (χ2v) is 4.55. The monoisotopic (exact) mass is 243 g/mol. The zero-order valence-corrected chi connectivity index (χ0v) is 9.61. The Hall–Kier alpha value is -0.730. The van der Waals surface area contributed by atoms with Gasteiger partial charge in [-0.05, 0) is 30.5 Å². The van der Waals surface area contributed by atoms with Gasteiger partial charge in [0.1, 0.15) is 0 Å². The zero-order valence-electron chi connectivity index (χ0n) is 8.09. The number of rotatable bonds is 3. The van der Waals surface area contributed by atoms with Gasteiger partial charge in [-0.1, -0.05) is 29.3 Å². The van der Waals surface area contributed by atoms with Gasteiger partial charge in [0.2, 0.25) is 5.91 Å². The molecule has 1 N–H and O–H groups in total. The first-order valence-corrected chi connectivity index (χ1v) is 5.64. The first-order chi connectivity index (χ1) is 7.16. The lowest BCUT2D eigenvalue weighted by Gasteiger charge is -2.05. The zero-order chi connectivity index (χ0) is 10.8. The minimum Gasteiger partial charge on any atom is -0.352 e. The number of hydrogen-bond donors (Lipinski definition) is 1. The van der Waals surface area contributed by atoms with Crippen molar-refractivity contribution in [3.8, 4) is 0 Å². The summed E-state index contributed by atoms with van der Waals surface area (Å²) in [4.78, 5) is 11.4. The minimum absolute atomic E-state index is 0.140. The van der Waals surface area contributed by atoms with E-state index in [9.17, 15) is 4.79 Å². The molecular formula is C11H11Cl2NO. The Bertz CT molecular complexity index is 388. The van der Waals surface area contributed by atoms with E-state index in [1.54, 1.807) is 12.1 Å². The summed E-state index contributed by atoms with van der Waals surface area (Å²) < 4.78 is 0. The lowest BCUT2D eigenvalue weighted by molar-refractivity contribution is -0.122. The summed E-state index contributed by atoms with van der Waals surface area (Å²) in [7, 11) is 0. The maximum atomic E-state index is 11.4. The summed E-state index contributed by atoms with van der Waals surface area (Å²) in [5, 5.41) is 3.93. The lowest BCUT2D eigenvalue weighted by atomic mass is 10.2. The molecule has 2 rings (SSSR count). The molecule has 0 aliphatic heterocycles. The summed E-state index contributed by atoms with van der Waals surface area (Å²) in [6.07, 6.45) is 2.04. The number of amides is 1. The second-order valence-electron chi connectivity index (χ2n) is 3.74. The van der Waals surface area contributed by atoms with Crippen molar-refractivity contribution >= 4 is 29.1 Å². The van der Waals surface area contributed by atoms with Crippen molar-refractivity contribution in [3.63, 3.8) is 0 Å². The second kappa shape index (κ2) is 4.42. The third kappa shape index (κ3) is 2.86. The molecule has 2 nitrogen and oxygen atoms in total. The molecule has 1 aromatic rings. The molecule has 1 amide bonds. The molecule has 80 valence electrons. The fraction of sp³-hybridized carbons (Fsp3) is 0.364. The summed E-state index contributed by atoms with van der Waals surface area (Å²) >= 11 is 11.6. The van der Waals surface area contributed by atoms with Crippen LogP contribution in [0.5, 0.6) is 0 Å². The Labute approximate surface area is 98.6 Å². The van der Waals surface area contributed by atoms with Gasteiger partial charge in [-0.3, -0.25) is 4.79 Å². The first kappa shape index (κ1) is 10.8. The SMILES string of the molecule is O=C(NCc1ccc(Cl)c(Cl)c1)C1CC1. The Kier molecular flexibility index (Phi) is 3.17. The Balaban J connectivity index is 1.92. The standard InChI is InChI=1S/C11H11Cl2NO/c12-9-4-1-7(5-10(9)13)6-14-11(15)8-2-3-8/h1,4-5,8H,2-3,6H2,(H,14,15). The van der Waals surface area contributed by atoms with Crippen molar-refractivity contribution in [1.82, 2.24) is 5.32 Å². The van der Waals surface area contributed by atoms with Gasteiger partial charge in [-0.2, -0.15) is 0 Å². The first-order valence-electron chi connectivity index (χ1n) is 4.88. The van der Waals surface area contributed by atoms with Gasteiger partial charge in [-0.25, -0.2) is 0 Å². The van der Waals surface area contributed by atoms with Gasteiger partial charge in [0.25, 0.3) is 0 Å². The predicted octanol–water partition coefficient (Wildman–Crippen LogP) is 3.02. The molecule has 0 atom stereocenters. The van der Waals surface area contributed by atoms with E-state index in [0.29, 0.717) is 16.6 Å². The molecular weight excluding hydrogens is 233 g/mol. The molecule has 0 unspecified atom stereocenters. The third-order valence-corrected chi connectivity index (χ3v) is 3.14. The van der Waals surface area contributed by atoms with Gasteiger partial charge < -0.3 is 5.32 Å². The molecule has 1 fully saturated rings. The number of benzene rings is 1. The fourth-order valence-corrected chi connectivity index (χ4v) is 1.65. The maximum absolute atomic E-state index is 11.4. The van der Waals surface area contributed by atoms with E-state index < -0.39 is 0 Å². The van der Waals surface area contributed by atoms with Crippen molar-refractivity contribution in [2.45, 2.75) is 19.4 Å². The average Bonchev–Trinajstić information content (AvgIpc) is 3.03. The van der Waals surface area contributed by atoms with E-state index in [1.165, 1.54) is 0 Å². The van der Waals surface area contributed by atoms with Crippen molar-refractivity contribution in [2.24, 2.45) is 5.92 Å². The number of hydrogen-bond acceptors (Lipinski definition) is 1. The fourth-order valence-electron chi connectivity index (χ4n) is 1.33. The van der Waals surface area contributed by atoms with Gasteiger partial charge in [0.05, 0.1) is 10.0 Å². The van der Waals surface area contributed by atoms with E-state index in [-0.39, 0.29) is 11.8 Å². The van der Waals surface area contributed by atoms with E-state index in [2.05, 4.69) is 5.32 Å². The number of carbonyl (C=O) groups is 1. The predicted molar refractivity (Wildman–Crippen MR) is 61.0 cm³/mol. The van der Waals surface area contributed by atoms with Crippen LogP contribution < -0.4 is 5.32 Å². The quantitative estimate of drug-likeness (QED) is 0.869. The van der Waals surface area contributed by atoms with Crippen molar-refractivity contribution < 1.29 is 4.79 Å². The van der Waals surface area contributed by atoms with Crippen LogP contribution in [0.15, 0.2) is 18.2 Å². The summed E-state index contributed by atoms with van der Waals surface area (Å²) in [6, 6.07) is 5.38. The van der Waals surface area contributed by atoms with Gasteiger partial charge in [-0.15, -0.1) is 0 Å². The van der Waals surface area contributed by atoms with Crippen LogP contribution >= 0.6 is 23.2 Å². The van der Waals surface area contributed by atoms with Crippen LogP contribution in [-0.2, 0) is 11.3 Å². The highest BCUT2D eigenvalue weighted by Crippen LogP contribution is 2.29. The molecule has 0 saturated heterocycles. The molecule has 4 heteroatoms. The molecule has 1 aromatic carbocycles. The highest BCUT2D eigenvalue weighted by Gasteiger charge is 2.29. The van der Waals surface area contributed by atoms with Crippen LogP contribution in [0.1, 0.15) is 18.4 Å². The van der Waals surface area contributed by atoms with Gasteiger partial charge >= 0.3 is 0 Å². The largest absolute Gasteiger partial charge is 0.352 e. The molecule has 1 saturated carbocycles. The van der Waals surface area contributed by atoms with Crippen molar-refractivity contribution in [1.29, 1.82) is 0 Å². The van der Waals surface area contributed by atoms with Crippen LogP contribution in [0.3, 0.4) is 0 Å². The average molecular weight is 244 g/mol. The molecule has 0 spiro atoms. The molecule has 15 heavy (non-hydrogen) atoms.